The molecule has 0 atom stereocenters. The Hall–Kier alpha value is -2.46. The minimum atomic E-state index is -0.411. The van der Waals surface area contributed by atoms with Gasteiger partial charge in [0, 0.05) is 17.2 Å². The van der Waals surface area contributed by atoms with E-state index >= 15 is 0 Å². The first-order chi connectivity index (χ1) is 11.4. The molecule has 2 aliphatic heterocycles. The molecule has 3 heterocycles. The van der Waals surface area contributed by atoms with Gasteiger partial charge in [-0.3, -0.25) is 14.5 Å². The van der Waals surface area contributed by atoms with Gasteiger partial charge in [-0.1, -0.05) is 30.3 Å². The van der Waals surface area contributed by atoms with E-state index in [1.54, 1.807) is 6.07 Å². The van der Waals surface area contributed by atoms with Crippen molar-refractivity contribution < 1.29 is 9.59 Å². The zero-order valence-electron chi connectivity index (χ0n) is 13.8. The quantitative estimate of drug-likeness (QED) is 0.596. The molecule has 4 rings (SSSR count). The van der Waals surface area contributed by atoms with Crippen molar-refractivity contribution in [3.8, 4) is 0 Å². The number of para-hydroxylation sites is 1. The van der Waals surface area contributed by atoms with Crippen molar-refractivity contribution in [1.82, 2.24) is 0 Å². The van der Waals surface area contributed by atoms with Crippen LogP contribution in [0.3, 0.4) is 0 Å². The van der Waals surface area contributed by atoms with E-state index in [9.17, 15) is 9.59 Å². The van der Waals surface area contributed by atoms with Crippen molar-refractivity contribution in [3.05, 3.63) is 63.9 Å². The van der Waals surface area contributed by atoms with Crippen LogP contribution >= 0.6 is 11.3 Å². The molecule has 24 heavy (non-hydrogen) atoms. The average Bonchev–Trinajstić information content (AvgIpc) is 3.13. The molecule has 2 aromatic rings. The van der Waals surface area contributed by atoms with E-state index in [-0.39, 0.29) is 11.7 Å². The molecule has 0 saturated carbocycles. The first kappa shape index (κ1) is 15.1. The number of rotatable bonds is 2. The Bertz CT molecular complexity index is 933. The average molecular weight is 335 g/mol. The van der Waals surface area contributed by atoms with Gasteiger partial charge in [-0.05, 0) is 37.8 Å². The lowest BCUT2D eigenvalue weighted by Crippen LogP contribution is -2.46. The molecule has 1 amide bonds. The second-order valence-corrected chi connectivity index (χ2v) is 7.67. The van der Waals surface area contributed by atoms with Crippen LogP contribution in [0, 0.1) is 0 Å². The van der Waals surface area contributed by atoms with E-state index in [4.69, 9.17) is 0 Å². The van der Waals surface area contributed by atoms with Gasteiger partial charge in [0.05, 0.1) is 21.7 Å². The number of thiophene rings is 1. The van der Waals surface area contributed by atoms with Gasteiger partial charge in [-0.25, -0.2) is 0 Å². The highest BCUT2D eigenvalue weighted by atomic mass is 32.1. The Morgan fingerprint density at radius 2 is 1.92 bits per heavy atom. The Balaban J connectivity index is 1.91. The van der Waals surface area contributed by atoms with Crippen LogP contribution in [0.5, 0.6) is 0 Å². The third-order valence-electron chi connectivity index (χ3n) is 4.59. The number of nitrogens with zero attached hydrogens (tertiary/aromatic N) is 1. The van der Waals surface area contributed by atoms with Crippen LogP contribution in [0.15, 0.2) is 47.9 Å². The second kappa shape index (κ2) is 5.02. The fourth-order valence-corrected chi connectivity index (χ4v) is 4.28. The summed E-state index contributed by atoms with van der Waals surface area (Å²) in [7, 11) is 0. The van der Waals surface area contributed by atoms with Crippen molar-refractivity contribution in [2.75, 3.05) is 4.90 Å². The number of amides is 1. The Morgan fingerprint density at radius 1 is 1.17 bits per heavy atom. The topological polar surface area (TPSA) is 37.4 Å². The molecule has 3 nitrogen and oxygen atoms in total. The molecule has 0 radical (unpaired) electrons. The molecule has 4 heteroatoms. The summed E-state index contributed by atoms with van der Waals surface area (Å²) in [6, 6.07) is 9.54. The molecular formula is C20H17NO2S. The molecular weight excluding hydrogens is 318 g/mol. The van der Waals surface area contributed by atoms with Gasteiger partial charge in [-0.15, -0.1) is 11.3 Å². The number of ketones is 1. The van der Waals surface area contributed by atoms with Crippen LogP contribution in [0.1, 0.15) is 41.6 Å². The number of hydrogen-bond acceptors (Lipinski definition) is 3. The number of anilines is 1. The van der Waals surface area contributed by atoms with E-state index in [2.05, 4.69) is 13.0 Å². The first-order valence-electron chi connectivity index (χ1n) is 7.87. The molecule has 0 fully saturated rings. The lowest BCUT2D eigenvalue weighted by molar-refractivity contribution is -0.113. The normalized spacial score (nSPS) is 19.5. The highest BCUT2D eigenvalue weighted by Crippen LogP contribution is 2.48. The summed E-state index contributed by atoms with van der Waals surface area (Å²) >= 11 is 1.39. The number of carbonyl (C=O) groups is 2. The summed E-state index contributed by atoms with van der Waals surface area (Å²) < 4.78 is 0. The Labute approximate surface area is 144 Å². The summed E-state index contributed by atoms with van der Waals surface area (Å²) in [5.41, 5.74) is 4.08. The Kier molecular flexibility index (Phi) is 3.15. The molecule has 0 N–H and O–H groups in total. The summed E-state index contributed by atoms with van der Waals surface area (Å²) in [6.07, 6.45) is 3.61. The van der Waals surface area contributed by atoms with Crippen LogP contribution in [-0.2, 0) is 4.79 Å². The Morgan fingerprint density at radius 3 is 2.62 bits per heavy atom. The molecule has 0 aliphatic carbocycles. The highest BCUT2D eigenvalue weighted by molar-refractivity contribution is 7.12. The lowest BCUT2D eigenvalue weighted by Gasteiger charge is -2.38. The highest BCUT2D eigenvalue weighted by Gasteiger charge is 2.44. The number of carbonyl (C=O) groups excluding carboxylic acids is 2. The molecule has 1 aromatic carbocycles. The third kappa shape index (κ3) is 2.03. The van der Waals surface area contributed by atoms with E-state index in [1.165, 1.54) is 17.4 Å². The smallest absolute Gasteiger partial charge is 0.259 e. The van der Waals surface area contributed by atoms with Crippen molar-refractivity contribution in [1.29, 1.82) is 0 Å². The SMILES string of the molecule is CC1=CC(C)(C)N2C(=O)/C(=C\C(=O)c3cccs3)c3cccc1c32. The zero-order valence-corrected chi connectivity index (χ0v) is 14.6. The fourth-order valence-electron chi connectivity index (χ4n) is 3.64. The maximum absolute atomic E-state index is 13.1. The van der Waals surface area contributed by atoms with Gasteiger partial charge in [0.25, 0.3) is 5.91 Å². The van der Waals surface area contributed by atoms with Gasteiger partial charge in [0.2, 0.25) is 0 Å². The van der Waals surface area contributed by atoms with Crippen LogP contribution in [0.25, 0.3) is 11.1 Å². The van der Waals surface area contributed by atoms with Gasteiger partial charge in [0.15, 0.2) is 5.78 Å². The van der Waals surface area contributed by atoms with Gasteiger partial charge < -0.3 is 0 Å². The third-order valence-corrected chi connectivity index (χ3v) is 5.48. The summed E-state index contributed by atoms with van der Waals surface area (Å²) in [5.74, 6) is -0.218. The van der Waals surface area contributed by atoms with Crippen molar-refractivity contribution in [2.45, 2.75) is 26.3 Å². The molecule has 2 aliphatic rings. The molecule has 0 unspecified atom stereocenters. The predicted octanol–water partition coefficient (Wildman–Crippen LogP) is 4.56. The van der Waals surface area contributed by atoms with E-state index in [0.717, 1.165) is 22.4 Å². The van der Waals surface area contributed by atoms with Gasteiger partial charge in [-0.2, -0.15) is 0 Å². The molecule has 0 bridgehead atoms. The standard InChI is InChI=1S/C20H17NO2S/c1-12-11-20(2,3)21-18-13(12)6-4-7-14(18)15(19(21)23)10-16(22)17-8-5-9-24-17/h4-11H,1-3H3/b15-10-. The molecule has 0 saturated heterocycles. The molecule has 1 aromatic heterocycles. The maximum atomic E-state index is 13.1. The maximum Gasteiger partial charge on any atom is 0.259 e. The zero-order chi connectivity index (χ0) is 17.1. The van der Waals surface area contributed by atoms with Crippen molar-refractivity contribution in [2.24, 2.45) is 0 Å². The predicted molar refractivity (Wildman–Crippen MR) is 98.3 cm³/mol. The van der Waals surface area contributed by atoms with Crippen LogP contribution in [0.4, 0.5) is 5.69 Å². The van der Waals surface area contributed by atoms with Crippen molar-refractivity contribution in [3.63, 3.8) is 0 Å². The number of hydrogen-bond donors (Lipinski definition) is 0. The largest absolute Gasteiger partial charge is 0.298 e. The van der Waals surface area contributed by atoms with Crippen molar-refractivity contribution >= 4 is 39.9 Å². The molecule has 120 valence electrons. The minimum Gasteiger partial charge on any atom is -0.298 e. The van der Waals surface area contributed by atoms with Crippen LogP contribution < -0.4 is 4.90 Å². The summed E-state index contributed by atoms with van der Waals surface area (Å²) in [5, 5.41) is 1.87. The monoisotopic (exact) mass is 335 g/mol. The lowest BCUT2D eigenvalue weighted by atomic mass is 9.89. The van der Waals surface area contributed by atoms with Crippen LogP contribution in [0.2, 0.25) is 0 Å². The summed E-state index contributed by atoms with van der Waals surface area (Å²) in [6.45, 7) is 6.12. The van der Waals surface area contributed by atoms with E-state index in [1.807, 2.05) is 48.4 Å². The van der Waals surface area contributed by atoms with Gasteiger partial charge in [0.1, 0.15) is 0 Å². The second-order valence-electron chi connectivity index (χ2n) is 6.72. The fraction of sp³-hybridized carbons (Fsp3) is 0.200. The summed E-state index contributed by atoms with van der Waals surface area (Å²) in [4.78, 5) is 28.0. The number of benzene rings is 1. The molecule has 0 spiro atoms. The first-order valence-corrected chi connectivity index (χ1v) is 8.75. The van der Waals surface area contributed by atoms with E-state index < -0.39 is 5.54 Å². The van der Waals surface area contributed by atoms with E-state index in [0.29, 0.717) is 10.5 Å². The van der Waals surface area contributed by atoms with Gasteiger partial charge >= 0.3 is 0 Å². The van der Waals surface area contributed by atoms with Crippen LogP contribution in [-0.4, -0.2) is 17.2 Å². The number of allylic oxidation sites excluding steroid dienone is 2. The minimum absolute atomic E-state index is 0.101.